The molecular formula is C10H10BrF2N. The van der Waals surface area contributed by atoms with Crippen LogP contribution in [0.3, 0.4) is 0 Å². The number of hydrogen-bond donors (Lipinski definition) is 1. The molecule has 0 saturated heterocycles. The van der Waals surface area contributed by atoms with Crippen LogP contribution >= 0.6 is 15.9 Å². The average molecular weight is 262 g/mol. The summed E-state index contributed by atoms with van der Waals surface area (Å²) in [7, 11) is 0. The maximum atomic E-state index is 13.2. The van der Waals surface area contributed by atoms with Gasteiger partial charge in [-0.1, -0.05) is 28.1 Å². The van der Waals surface area contributed by atoms with Gasteiger partial charge in [-0.2, -0.15) is 0 Å². The van der Waals surface area contributed by atoms with Crippen molar-refractivity contribution in [3.05, 3.63) is 34.3 Å². The minimum absolute atomic E-state index is 0.0493. The third-order valence-corrected chi connectivity index (χ3v) is 3.21. The first-order valence-corrected chi connectivity index (χ1v) is 5.20. The van der Waals surface area contributed by atoms with Gasteiger partial charge in [0.15, 0.2) is 0 Å². The van der Waals surface area contributed by atoms with E-state index in [2.05, 4.69) is 15.9 Å². The monoisotopic (exact) mass is 261 g/mol. The van der Waals surface area contributed by atoms with E-state index in [9.17, 15) is 8.78 Å². The lowest BCUT2D eigenvalue weighted by Crippen LogP contribution is -2.06. The van der Waals surface area contributed by atoms with Crippen LogP contribution in [0.25, 0.3) is 0 Å². The summed E-state index contributed by atoms with van der Waals surface area (Å²) in [5, 5.41) is 0. The van der Waals surface area contributed by atoms with Gasteiger partial charge in [-0.3, -0.25) is 0 Å². The van der Waals surface area contributed by atoms with Crippen molar-refractivity contribution in [2.24, 2.45) is 11.7 Å². The first kappa shape index (κ1) is 10.1. The molecule has 1 nitrogen and oxygen atoms in total. The van der Waals surface area contributed by atoms with Gasteiger partial charge >= 0.3 is 0 Å². The Kier molecular flexibility index (Phi) is 2.35. The van der Waals surface area contributed by atoms with Crippen LogP contribution < -0.4 is 5.73 Å². The van der Waals surface area contributed by atoms with Gasteiger partial charge in [0.2, 0.25) is 0 Å². The molecule has 2 N–H and O–H groups in total. The molecule has 4 heteroatoms. The van der Waals surface area contributed by atoms with Crippen LogP contribution in [0.15, 0.2) is 28.7 Å². The van der Waals surface area contributed by atoms with Crippen molar-refractivity contribution in [2.75, 3.05) is 6.54 Å². The summed E-state index contributed by atoms with van der Waals surface area (Å²) in [6.07, 6.45) is 0. The highest BCUT2D eigenvalue weighted by Gasteiger charge is 2.67. The van der Waals surface area contributed by atoms with Crippen molar-refractivity contribution in [1.29, 1.82) is 0 Å². The smallest absolute Gasteiger partial charge is 0.260 e. The van der Waals surface area contributed by atoms with Gasteiger partial charge in [0.1, 0.15) is 0 Å². The minimum Gasteiger partial charge on any atom is -0.330 e. The van der Waals surface area contributed by atoms with E-state index in [0.29, 0.717) is 5.56 Å². The summed E-state index contributed by atoms with van der Waals surface area (Å²) >= 11 is 3.26. The van der Waals surface area contributed by atoms with Crippen molar-refractivity contribution in [2.45, 2.75) is 11.8 Å². The lowest BCUT2D eigenvalue weighted by atomic mass is 10.1. The molecular weight excluding hydrogens is 252 g/mol. The molecule has 1 saturated carbocycles. The van der Waals surface area contributed by atoms with Gasteiger partial charge in [0.05, 0.1) is 5.92 Å². The number of nitrogens with two attached hydrogens (primary N) is 1. The largest absolute Gasteiger partial charge is 0.330 e. The molecule has 1 fully saturated rings. The van der Waals surface area contributed by atoms with E-state index in [1.54, 1.807) is 24.3 Å². The van der Waals surface area contributed by atoms with E-state index in [4.69, 9.17) is 5.73 Å². The number of halogens is 3. The quantitative estimate of drug-likeness (QED) is 0.871. The summed E-state index contributed by atoms with van der Waals surface area (Å²) < 4.78 is 27.2. The normalized spacial score (nSPS) is 28.9. The van der Waals surface area contributed by atoms with E-state index < -0.39 is 17.8 Å². The number of hydrogen-bond acceptors (Lipinski definition) is 1. The van der Waals surface area contributed by atoms with Gasteiger partial charge < -0.3 is 5.73 Å². The Balaban J connectivity index is 2.22. The molecule has 0 bridgehead atoms. The van der Waals surface area contributed by atoms with Gasteiger partial charge in [-0.25, -0.2) is 8.78 Å². The van der Waals surface area contributed by atoms with Crippen molar-refractivity contribution in [1.82, 2.24) is 0 Å². The summed E-state index contributed by atoms with van der Waals surface area (Å²) in [6.45, 7) is 0.0493. The molecule has 1 aliphatic carbocycles. The molecule has 0 heterocycles. The molecule has 0 unspecified atom stereocenters. The second-order valence-electron chi connectivity index (χ2n) is 3.55. The van der Waals surface area contributed by atoms with Crippen molar-refractivity contribution >= 4 is 15.9 Å². The summed E-state index contributed by atoms with van der Waals surface area (Å²) in [5.41, 5.74) is 5.95. The molecule has 2 atom stereocenters. The third kappa shape index (κ3) is 1.46. The molecule has 1 aliphatic rings. The Hall–Kier alpha value is -0.480. The zero-order chi connectivity index (χ0) is 10.3. The molecule has 0 radical (unpaired) electrons. The van der Waals surface area contributed by atoms with E-state index in [1.807, 2.05) is 0 Å². The van der Waals surface area contributed by atoms with E-state index in [1.165, 1.54) is 0 Å². The molecule has 76 valence electrons. The SMILES string of the molecule is NC[C@@H]1[C@@H](c2ccc(Br)cc2)C1(F)F. The Labute approximate surface area is 89.4 Å². The van der Waals surface area contributed by atoms with Crippen LogP contribution in [0.2, 0.25) is 0 Å². The number of alkyl halides is 2. The second kappa shape index (κ2) is 3.28. The third-order valence-electron chi connectivity index (χ3n) is 2.69. The molecule has 0 aromatic heterocycles. The first-order valence-electron chi connectivity index (χ1n) is 4.40. The highest BCUT2D eigenvalue weighted by atomic mass is 79.9. The van der Waals surface area contributed by atoms with Crippen molar-refractivity contribution in [3.8, 4) is 0 Å². The van der Waals surface area contributed by atoms with Crippen molar-refractivity contribution in [3.63, 3.8) is 0 Å². The van der Waals surface area contributed by atoms with Crippen LogP contribution in [0.4, 0.5) is 8.78 Å². The number of rotatable bonds is 2. The standard InChI is InChI=1S/C10H10BrF2N/c11-7-3-1-6(2-4-7)9-8(5-14)10(9,12)13/h1-4,8-9H,5,14H2/t8-,9-/m1/s1. The molecule has 1 aromatic rings. The highest BCUT2D eigenvalue weighted by molar-refractivity contribution is 9.10. The Morgan fingerprint density at radius 2 is 1.86 bits per heavy atom. The van der Waals surface area contributed by atoms with Crippen LogP contribution in [-0.4, -0.2) is 12.5 Å². The zero-order valence-corrected chi connectivity index (χ0v) is 8.97. The molecule has 14 heavy (non-hydrogen) atoms. The van der Waals surface area contributed by atoms with Gasteiger partial charge in [0, 0.05) is 16.9 Å². The maximum absolute atomic E-state index is 13.2. The van der Waals surface area contributed by atoms with Crippen LogP contribution in [0.1, 0.15) is 11.5 Å². The maximum Gasteiger partial charge on any atom is 0.260 e. The fourth-order valence-corrected chi connectivity index (χ4v) is 2.07. The summed E-state index contributed by atoms with van der Waals surface area (Å²) in [6, 6.07) is 6.99. The average Bonchev–Trinajstić information content (AvgIpc) is 2.69. The minimum atomic E-state index is -2.61. The van der Waals surface area contributed by atoms with E-state index >= 15 is 0 Å². The molecule has 0 aliphatic heterocycles. The summed E-state index contributed by atoms with van der Waals surface area (Å²) in [5.74, 6) is -3.97. The van der Waals surface area contributed by atoms with Gasteiger partial charge in [0.25, 0.3) is 5.92 Å². The fourth-order valence-electron chi connectivity index (χ4n) is 1.81. The topological polar surface area (TPSA) is 26.0 Å². The predicted octanol–water partition coefficient (Wildman–Crippen LogP) is 2.76. The molecule has 0 spiro atoms. The van der Waals surface area contributed by atoms with Crippen LogP contribution in [-0.2, 0) is 0 Å². The van der Waals surface area contributed by atoms with Crippen molar-refractivity contribution < 1.29 is 8.78 Å². The molecule has 1 aromatic carbocycles. The fraction of sp³-hybridized carbons (Fsp3) is 0.400. The van der Waals surface area contributed by atoms with Gasteiger partial charge in [-0.15, -0.1) is 0 Å². The second-order valence-corrected chi connectivity index (χ2v) is 4.46. The van der Waals surface area contributed by atoms with Crippen LogP contribution in [0.5, 0.6) is 0 Å². The van der Waals surface area contributed by atoms with E-state index in [0.717, 1.165) is 4.47 Å². The first-order chi connectivity index (χ1) is 6.57. The lowest BCUT2D eigenvalue weighted by molar-refractivity contribution is 0.0947. The summed E-state index contributed by atoms with van der Waals surface area (Å²) in [4.78, 5) is 0. The van der Waals surface area contributed by atoms with E-state index in [-0.39, 0.29) is 6.54 Å². The predicted molar refractivity (Wildman–Crippen MR) is 54.4 cm³/mol. The highest BCUT2D eigenvalue weighted by Crippen LogP contribution is 2.60. The lowest BCUT2D eigenvalue weighted by Gasteiger charge is -1.98. The number of benzene rings is 1. The Morgan fingerprint density at radius 3 is 2.29 bits per heavy atom. The molecule has 0 amide bonds. The molecule has 2 rings (SSSR count). The van der Waals surface area contributed by atoms with Gasteiger partial charge in [-0.05, 0) is 17.7 Å². The Morgan fingerprint density at radius 1 is 1.29 bits per heavy atom. The zero-order valence-electron chi connectivity index (χ0n) is 7.38. The van der Waals surface area contributed by atoms with Crippen LogP contribution in [0, 0.1) is 5.92 Å². The Bertz CT molecular complexity index is 336.